The van der Waals surface area contributed by atoms with Crippen molar-refractivity contribution in [3.63, 3.8) is 0 Å². The number of nitrogens with zero attached hydrogens (tertiary/aromatic N) is 5. The maximum absolute atomic E-state index is 13.1. The molecule has 0 aliphatic rings. The lowest BCUT2D eigenvalue weighted by molar-refractivity contribution is 0.0992. The van der Waals surface area contributed by atoms with E-state index in [1.165, 1.54) is 6.33 Å². The number of H-pyrrole nitrogens is 1. The molecule has 7 nitrogen and oxygen atoms in total. The smallest absolute Gasteiger partial charge is 0.258 e. The number of fused-ring (bicyclic) bond motifs is 1. The van der Waals surface area contributed by atoms with Gasteiger partial charge in [-0.15, -0.1) is 0 Å². The second-order valence-corrected chi connectivity index (χ2v) is 6.14. The molecule has 0 unspecified atom stereocenters. The lowest BCUT2D eigenvalue weighted by atomic mass is 10.1. The van der Waals surface area contributed by atoms with E-state index in [2.05, 4.69) is 20.1 Å². The van der Waals surface area contributed by atoms with Crippen LogP contribution in [0.4, 0.5) is 5.69 Å². The molecule has 130 valence electrons. The van der Waals surface area contributed by atoms with E-state index < -0.39 is 0 Å². The highest BCUT2D eigenvalue weighted by Crippen LogP contribution is 2.22. The van der Waals surface area contributed by atoms with Gasteiger partial charge in [-0.25, -0.2) is 14.6 Å². The Morgan fingerprint density at radius 1 is 1.23 bits per heavy atom. The SMILES string of the molecule is Cc1nc2ccc(N(C)C(=O)c3ccccc3Cn3cncn3)cc2[nH]1. The maximum Gasteiger partial charge on any atom is 0.258 e. The largest absolute Gasteiger partial charge is 0.342 e. The van der Waals surface area contributed by atoms with Crippen molar-refractivity contribution in [1.29, 1.82) is 0 Å². The fraction of sp³-hybridized carbons (Fsp3) is 0.158. The summed E-state index contributed by atoms with van der Waals surface area (Å²) in [4.78, 5) is 26.3. The van der Waals surface area contributed by atoms with Gasteiger partial charge in [0.15, 0.2) is 0 Å². The summed E-state index contributed by atoms with van der Waals surface area (Å²) in [6.45, 7) is 2.41. The molecule has 2 heterocycles. The number of hydrogen-bond acceptors (Lipinski definition) is 4. The standard InChI is InChI=1S/C19H18N6O/c1-13-22-17-8-7-15(9-18(17)23-13)24(2)19(26)16-6-4-3-5-14(16)10-25-12-20-11-21-25/h3-9,11-12H,10H2,1-2H3,(H,22,23). The van der Waals surface area contributed by atoms with E-state index in [-0.39, 0.29) is 5.91 Å². The molecular formula is C19H18N6O. The average Bonchev–Trinajstić information content (AvgIpc) is 3.28. The van der Waals surface area contributed by atoms with Crippen LogP contribution in [0.1, 0.15) is 21.7 Å². The van der Waals surface area contributed by atoms with Gasteiger partial charge in [0.2, 0.25) is 0 Å². The summed E-state index contributed by atoms with van der Waals surface area (Å²) in [6.07, 6.45) is 3.12. The molecule has 0 spiro atoms. The van der Waals surface area contributed by atoms with Gasteiger partial charge < -0.3 is 9.88 Å². The van der Waals surface area contributed by atoms with Gasteiger partial charge in [-0.2, -0.15) is 5.10 Å². The van der Waals surface area contributed by atoms with Crippen LogP contribution in [0.2, 0.25) is 0 Å². The third-order valence-electron chi connectivity index (χ3n) is 4.32. The highest BCUT2D eigenvalue weighted by Gasteiger charge is 2.18. The van der Waals surface area contributed by atoms with Crippen LogP contribution in [0.5, 0.6) is 0 Å². The zero-order chi connectivity index (χ0) is 18.1. The first-order valence-electron chi connectivity index (χ1n) is 8.26. The monoisotopic (exact) mass is 346 g/mol. The van der Waals surface area contributed by atoms with Crippen LogP contribution < -0.4 is 4.90 Å². The number of aromatic nitrogens is 5. The Labute approximate surface area is 150 Å². The van der Waals surface area contributed by atoms with Gasteiger partial charge in [0.1, 0.15) is 18.5 Å². The van der Waals surface area contributed by atoms with Crippen molar-refractivity contribution in [1.82, 2.24) is 24.7 Å². The lowest BCUT2D eigenvalue weighted by Gasteiger charge is -2.19. The van der Waals surface area contributed by atoms with E-state index in [4.69, 9.17) is 0 Å². The van der Waals surface area contributed by atoms with Crippen molar-refractivity contribution < 1.29 is 4.79 Å². The van der Waals surface area contributed by atoms with Gasteiger partial charge in [-0.05, 0) is 36.8 Å². The minimum Gasteiger partial charge on any atom is -0.342 e. The topological polar surface area (TPSA) is 79.7 Å². The first-order valence-corrected chi connectivity index (χ1v) is 8.26. The van der Waals surface area contributed by atoms with E-state index in [0.717, 1.165) is 28.1 Å². The van der Waals surface area contributed by atoms with Crippen molar-refractivity contribution in [3.8, 4) is 0 Å². The van der Waals surface area contributed by atoms with E-state index in [1.807, 2.05) is 49.4 Å². The van der Waals surface area contributed by atoms with Crippen LogP contribution in [0.3, 0.4) is 0 Å². The van der Waals surface area contributed by atoms with Gasteiger partial charge >= 0.3 is 0 Å². The third kappa shape index (κ3) is 2.95. The van der Waals surface area contributed by atoms with Gasteiger partial charge in [0.25, 0.3) is 5.91 Å². The number of rotatable bonds is 4. The minimum atomic E-state index is -0.0729. The normalized spacial score (nSPS) is 11.0. The molecule has 0 atom stereocenters. The Bertz CT molecular complexity index is 1070. The Kier molecular flexibility index (Phi) is 3.96. The van der Waals surface area contributed by atoms with Crippen molar-refractivity contribution >= 4 is 22.6 Å². The Balaban J connectivity index is 1.65. The van der Waals surface area contributed by atoms with Crippen molar-refractivity contribution in [2.75, 3.05) is 11.9 Å². The molecule has 0 fully saturated rings. The zero-order valence-corrected chi connectivity index (χ0v) is 14.5. The number of anilines is 1. The number of carbonyl (C=O) groups excluding carboxylic acids is 1. The quantitative estimate of drug-likeness (QED) is 0.616. The van der Waals surface area contributed by atoms with Gasteiger partial charge in [-0.3, -0.25) is 4.79 Å². The molecule has 1 N–H and O–H groups in total. The molecule has 1 amide bonds. The summed E-state index contributed by atoms with van der Waals surface area (Å²) in [7, 11) is 1.78. The molecule has 4 aromatic rings. The van der Waals surface area contributed by atoms with Crippen LogP contribution in [-0.2, 0) is 6.54 Å². The maximum atomic E-state index is 13.1. The average molecular weight is 346 g/mol. The summed E-state index contributed by atoms with van der Waals surface area (Å²) < 4.78 is 1.70. The summed E-state index contributed by atoms with van der Waals surface area (Å²) in [5.41, 5.74) is 4.15. The summed E-state index contributed by atoms with van der Waals surface area (Å²) in [5, 5.41) is 4.12. The number of amides is 1. The lowest BCUT2D eigenvalue weighted by Crippen LogP contribution is -2.27. The molecule has 7 heteroatoms. The number of benzene rings is 2. The number of aromatic amines is 1. The first kappa shape index (κ1) is 16.0. The third-order valence-corrected chi connectivity index (χ3v) is 4.32. The Morgan fingerprint density at radius 2 is 2.08 bits per heavy atom. The summed E-state index contributed by atoms with van der Waals surface area (Å²) >= 11 is 0. The second-order valence-electron chi connectivity index (χ2n) is 6.14. The molecule has 0 saturated carbocycles. The van der Waals surface area contributed by atoms with Crippen molar-refractivity contribution in [2.24, 2.45) is 0 Å². The predicted octanol–water partition coefficient (Wildman–Crippen LogP) is 2.79. The van der Waals surface area contributed by atoms with Crippen LogP contribution in [0, 0.1) is 6.92 Å². The van der Waals surface area contributed by atoms with Crippen LogP contribution in [-0.4, -0.2) is 37.7 Å². The molecular weight excluding hydrogens is 328 g/mol. The zero-order valence-electron chi connectivity index (χ0n) is 14.5. The van der Waals surface area contributed by atoms with Crippen LogP contribution in [0.25, 0.3) is 11.0 Å². The summed E-state index contributed by atoms with van der Waals surface area (Å²) in [6, 6.07) is 13.3. The van der Waals surface area contributed by atoms with E-state index in [9.17, 15) is 4.79 Å². The van der Waals surface area contributed by atoms with E-state index in [1.54, 1.807) is 23.0 Å². The highest BCUT2D eigenvalue weighted by molar-refractivity contribution is 6.07. The summed E-state index contributed by atoms with van der Waals surface area (Å²) in [5.74, 6) is 0.778. The number of nitrogens with one attached hydrogen (secondary N) is 1. The minimum absolute atomic E-state index is 0.0729. The molecule has 4 rings (SSSR count). The number of aryl methyl sites for hydroxylation is 1. The molecule has 0 radical (unpaired) electrons. The Morgan fingerprint density at radius 3 is 2.88 bits per heavy atom. The molecule has 0 saturated heterocycles. The van der Waals surface area contributed by atoms with Crippen LogP contribution >= 0.6 is 0 Å². The molecule has 26 heavy (non-hydrogen) atoms. The highest BCUT2D eigenvalue weighted by atomic mass is 16.2. The fourth-order valence-electron chi connectivity index (χ4n) is 2.99. The molecule has 0 bridgehead atoms. The van der Waals surface area contributed by atoms with Gasteiger partial charge in [0, 0.05) is 18.3 Å². The van der Waals surface area contributed by atoms with Gasteiger partial charge in [0.05, 0.1) is 17.6 Å². The van der Waals surface area contributed by atoms with Crippen LogP contribution in [0.15, 0.2) is 55.1 Å². The number of carbonyl (C=O) groups is 1. The first-order chi connectivity index (χ1) is 12.6. The van der Waals surface area contributed by atoms with Crippen molar-refractivity contribution in [2.45, 2.75) is 13.5 Å². The second kappa shape index (κ2) is 6.44. The Hall–Kier alpha value is -3.48. The predicted molar refractivity (Wildman–Crippen MR) is 99.1 cm³/mol. The van der Waals surface area contributed by atoms with E-state index >= 15 is 0 Å². The fourth-order valence-corrected chi connectivity index (χ4v) is 2.99. The van der Waals surface area contributed by atoms with Crippen molar-refractivity contribution in [3.05, 3.63) is 72.1 Å². The molecule has 0 aliphatic carbocycles. The van der Waals surface area contributed by atoms with Gasteiger partial charge in [-0.1, -0.05) is 18.2 Å². The molecule has 2 aromatic heterocycles. The van der Waals surface area contributed by atoms with E-state index in [0.29, 0.717) is 12.1 Å². The number of imidazole rings is 1. The molecule has 2 aromatic carbocycles. The number of hydrogen-bond donors (Lipinski definition) is 1. The molecule has 0 aliphatic heterocycles.